The van der Waals surface area contributed by atoms with Crippen molar-refractivity contribution in [2.75, 3.05) is 25.5 Å². The molecule has 0 spiro atoms. The van der Waals surface area contributed by atoms with Crippen LogP contribution in [-0.2, 0) is 0 Å². The minimum atomic E-state index is 0.601. The number of likely N-dealkylation sites (tertiary alicyclic amines) is 1. The van der Waals surface area contributed by atoms with Crippen molar-refractivity contribution < 1.29 is 0 Å². The average Bonchev–Trinajstić information content (AvgIpc) is 3.01. The number of nitrogens with one attached hydrogen (secondary N) is 1. The molecule has 0 unspecified atom stereocenters. The highest BCUT2D eigenvalue weighted by Crippen LogP contribution is 2.46. The van der Waals surface area contributed by atoms with Crippen molar-refractivity contribution in [2.45, 2.75) is 28.2 Å². The third-order valence-corrected chi connectivity index (χ3v) is 6.60. The van der Waals surface area contributed by atoms with Gasteiger partial charge in [0.05, 0.1) is 5.69 Å². The first-order valence-corrected chi connectivity index (χ1v) is 9.84. The van der Waals surface area contributed by atoms with Crippen molar-refractivity contribution in [3.8, 4) is 0 Å². The lowest BCUT2D eigenvalue weighted by molar-refractivity contribution is 0.243. The molecule has 0 radical (unpaired) electrons. The van der Waals surface area contributed by atoms with E-state index in [1.54, 1.807) is 0 Å². The lowest BCUT2D eigenvalue weighted by Gasteiger charge is -2.32. The molecule has 0 aliphatic carbocycles. The van der Waals surface area contributed by atoms with Gasteiger partial charge < -0.3 is 10.2 Å². The van der Waals surface area contributed by atoms with Crippen LogP contribution in [0.25, 0.3) is 10.8 Å². The minimum absolute atomic E-state index is 0.601. The second kappa shape index (κ2) is 6.08. The quantitative estimate of drug-likeness (QED) is 0.686. The van der Waals surface area contributed by atoms with Crippen molar-refractivity contribution in [1.82, 2.24) is 4.90 Å². The number of benzene rings is 3. The Hall–Kier alpha value is -1.97. The fourth-order valence-electron chi connectivity index (χ4n) is 4.24. The molecule has 0 saturated carbocycles. The molecule has 5 rings (SSSR count). The predicted octanol–water partition coefficient (Wildman–Crippen LogP) is 5.20. The SMILES string of the molecule is CN1CC[C@H]2Nc3c(Sc4ccc5ccccc5c4)cccc3[C@@H]2C1. The zero-order valence-corrected chi connectivity index (χ0v) is 15.2. The van der Waals surface area contributed by atoms with Crippen LogP contribution < -0.4 is 5.32 Å². The lowest BCUT2D eigenvalue weighted by Crippen LogP contribution is -2.39. The Morgan fingerprint density at radius 1 is 1.00 bits per heavy atom. The number of piperidine rings is 1. The van der Waals surface area contributed by atoms with E-state index in [0.29, 0.717) is 12.0 Å². The second-order valence-electron chi connectivity index (χ2n) is 7.24. The highest BCUT2D eigenvalue weighted by molar-refractivity contribution is 7.99. The number of rotatable bonds is 2. The predicted molar refractivity (Wildman–Crippen MR) is 107 cm³/mol. The Labute approximate surface area is 153 Å². The van der Waals surface area contributed by atoms with Crippen LogP contribution in [0.3, 0.4) is 0 Å². The van der Waals surface area contributed by atoms with Gasteiger partial charge in [-0.15, -0.1) is 0 Å². The topological polar surface area (TPSA) is 15.3 Å². The highest BCUT2D eigenvalue weighted by Gasteiger charge is 2.36. The Morgan fingerprint density at radius 3 is 2.80 bits per heavy atom. The number of likely N-dealkylation sites (N-methyl/N-ethyl adjacent to an activating group) is 1. The molecule has 0 bridgehead atoms. The van der Waals surface area contributed by atoms with E-state index in [0.717, 1.165) is 6.54 Å². The second-order valence-corrected chi connectivity index (χ2v) is 8.35. The van der Waals surface area contributed by atoms with Gasteiger partial charge in [0.1, 0.15) is 0 Å². The molecule has 2 atom stereocenters. The van der Waals surface area contributed by atoms with E-state index < -0.39 is 0 Å². The van der Waals surface area contributed by atoms with E-state index >= 15 is 0 Å². The molecule has 0 aromatic heterocycles. The number of para-hydroxylation sites is 1. The number of fused-ring (bicyclic) bond motifs is 4. The Balaban J connectivity index is 1.49. The molecule has 2 aliphatic heterocycles. The summed E-state index contributed by atoms with van der Waals surface area (Å²) in [5.74, 6) is 0.630. The molecule has 2 aliphatic rings. The summed E-state index contributed by atoms with van der Waals surface area (Å²) in [5.41, 5.74) is 2.87. The highest BCUT2D eigenvalue weighted by atomic mass is 32.2. The van der Waals surface area contributed by atoms with Crippen LogP contribution in [0.2, 0.25) is 0 Å². The molecule has 1 fully saturated rings. The van der Waals surface area contributed by atoms with Gasteiger partial charge in [0, 0.05) is 28.3 Å². The first kappa shape index (κ1) is 15.3. The molecule has 3 aromatic carbocycles. The maximum atomic E-state index is 3.84. The van der Waals surface area contributed by atoms with Crippen LogP contribution in [0.4, 0.5) is 5.69 Å². The normalized spacial score (nSPS) is 22.4. The fourth-order valence-corrected chi connectivity index (χ4v) is 5.24. The fraction of sp³-hybridized carbons (Fsp3) is 0.273. The molecule has 3 heteroatoms. The van der Waals surface area contributed by atoms with E-state index in [9.17, 15) is 0 Å². The zero-order valence-electron chi connectivity index (χ0n) is 14.4. The third-order valence-electron chi connectivity index (χ3n) is 5.55. The molecular weight excluding hydrogens is 324 g/mol. The molecule has 3 aromatic rings. The van der Waals surface area contributed by atoms with Crippen LogP contribution in [0.15, 0.2) is 70.5 Å². The Morgan fingerprint density at radius 2 is 1.88 bits per heavy atom. The summed E-state index contributed by atoms with van der Waals surface area (Å²) in [6.07, 6.45) is 1.23. The van der Waals surface area contributed by atoms with E-state index in [4.69, 9.17) is 0 Å². The van der Waals surface area contributed by atoms with Gasteiger partial charge in [-0.2, -0.15) is 0 Å². The van der Waals surface area contributed by atoms with Gasteiger partial charge in [-0.25, -0.2) is 0 Å². The molecule has 1 saturated heterocycles. The van der Waals surface area contributed by atoms with E-state index in [2.05, 4.69) is 77.9 Å². The van der Waals surface area contributed by atoms with Gasteiger partial charge in [-0.05, 0) is 54.5 Å². The number of hydrogen-bond acceptors (Lipinski definition) is 3. The Kier molecular flexibility index (Phi) is 3.72. The number of anilines is 1. The van der Waals surface area contributed by atoms with Crippen molar-refractivity contribution >= 4 is 28.2 Å². The van der Waals surface area contributed by atoms with E-state index in [-0.39, 0.29) is 0 Å². The molecule has 0 amide bonds. The molecule has 126 valence electrons. The van der Waals surface area contributed by atoms with Crippen molar-refractivity contribution in [3.05, 3.63) is 66.2 Å². The molecular formula is C22H22N2S. The monoisotopic (exact) mass is 346 g/mol. The molecule has 2 heterocycles. The largest absolute Gasteiger partial charge is 0.380 e. The van der Waals surface area contributed by atoms with Gasteiger partial charge in [-0.3, -0.25) is 0 Å². The summed E-state index contributed by atoms with van der Waals surface area (Å²) < 4.78 is 0. The first-order chi connectivity index (χ1) is 12.3. The minimum Gasteiger partial charge on any atom is -0.380 e. The lowest BCUT2D eigenvalue weighted by atomic mass is 9.90. The third kappa shape index (κ3) is 2.72. The molecule has 1 N–H and O–H groups in total. The van der Waals surface area contributed by atoms with Crippen molar-refractivity contribution in [3.63, 3.8) is 0 Å². The van der Waals surface area contributed by atoms with Gasteiger partial charge in [0.2, 0.25) is 0 Å². The van der Waals surface area contributed by atoms with Crippen LogP contribution in [0.1, 0.15) is 17.9 Å². The van der Waals surface area contributed by atoms with Gasteiger partial charge in [0.25, 0.3) is 0 Å². The maximum Gasteiger partial charge on any atom is 0.0521 e. The summed E-state index contributed by atoms with van der Waals surface area (Å²) in [4.78, 5) is 5.12. The van der Waals surface area contributed by atoms with Crippen molar-refractivity contribution in [2.24, 2.45) is 0 Å². The van der Waals surface area contributed by atoms with Crippen LogP contribution in [-0.4, -0.2) is 31.1 Å². The zero-order chi connectivity index (χ0) is 16.8. The standard InChI is InChI=1S/C22H22N2S/c1-24-12-11-20-19(14-24)18-7-4-8-21(22(18)23-20)25-17-10-9-15-5-2-3-6-16(15)13-17/h2-10,13,19-20,23H,11-12,14H2,1H3/t19-,20+/m0/s1. The summed E-state index contributed by atoms with van der Waals surface area (Å²) in [7, 11) is 2.24. The van der Waals surface area contributed by atoms with E-state index in [1.165, 1.54) is 44.8 Å². The number of hydrogen-bond donors (Lipinski definition) is 1. The average molecular weight is 346 g/mol. The van der Waals surface area contributed by atoms with E-state index in [1.807, 2.05) is 11.8 Å². The summed E-state index contributed by atoms with van der Waals surface area (Å²) in [5, 5.41) is 6.45. The summed E-state index contributed by atoms with van der Waals surface area (Å²) in [6, 6.07) is 22.7. The smallest absolute Gasteiger partial charge is 0.0521 e. The van der Waals surface area contributed by atoms with Gasteiger partial charge >= 0.3 is 0 Å². The summed E-state index contributed by atoms with van der Waals surface area (Å²) >= 11 is 1.88. The Bertz CT molecular complexity index is 936. The number of nitrogens with zero attached hydrogens (tertiary/aromatic N) is 1. The first-order valence-electron chi connectivity index (χ1n) is 9.02. The van der Waals surface area contributed by atoms with Gasteiger partial charge in [0.15, 0.2) is 0 Å². The van der Waals surface area contributed by atoms with Crippen LogP contribution in [0, 0.1) is 0 Å². The molecule has 25 heavy (non-hydrogen) atoms. The van der Waals surface area contributed by atoms with Crippen LogP contribution >= 0.6 is 11.8 Å². The van der Waals surface area contributed by atoms with Crippen LogP contribution in [0.5, 0.6) is 0 Å². The maximum absolute atomic E-state index is 3.84. The summed E-state index contributed by atoms with van der Waals surface area (Å²) in [6.45, 7) is 2.35. The van der Waals surface area contributed by atoms with Gasteiger partial charge in [-0.1, -0.05) is 54.2 Å². The molecule has 2 nitrogen and oxygen atoms in total. The van der Waals surface area contributed by atoms with Crippen molar-refractivity contribution in [1.29, 1.82) is 0 Å².